The summed E-state index contributed by atoms with van der Waals surface area (Å²) in [4.78, 5) is 6.87. The largest absolute Gasteiger partial charge is 0.486 e. The summed E-state index contributed by atoms with van der Waals surface area (Å²) in [6.07, 6.45) is 0. The second-order valence-electron chi connectivity index (χ2n) is 5.71. The number of hydrogen-bond donors (Lipinski definition) is 1. The molecule has 0 spiro atoms. The van der Waals surface area contributed by atoms with Crippen LogP contribution in [0.5, 0.6) is 11.5 Å². The minimum atomic E-state index is 0.188. The fourth-order valence-electron chi connectivity index (χ4n) is 2.67. The lowest BCUT2D eigenvalue weighted by Crippen LogP contribution is -2.21. The number of rotatable bonds is 4. The van der Waals surface area contributed by atoms with Crippen LogP contribution in [-0.4, -0.2) is 48.3 Å². The molecule has 1 atom stereocenters. The van der Waals surface area contributed by atoms with Gasteiger partial charge >= 0.3 is 0 Å². The molecular formula is C15H22N4O2. The topological polar surface area (TPSA) is 65.5 Å². The van der Waals surface area contributed by atoms with E-state index < -0.39 is 0 Å². The van der Waals surface area contributed by atoms with Crippen molar-refractivity contribution in [3.05, 3.63) is 18.0 Å². The highest BCUT2D eigenvalue weighted by atomic mass is 16.6. The molecule has 1 aliphatic heterocycles. The standard InChI is InChI=1S/C15H22N4O2/c1-10(8-16)19-12-7-14-13(20-4-5-21-14)6-11(12)17-15(19)9-18(2)3/h6-7,10H,4-5,8-9,16H2,1-3H3. The predicted octanol–water partition coefficient (Wildman–Crippen LogP) is 1.39. The van der Waals surface area contributed by atoms with Gasteiger partial charge in [0.1, 0.15) is 19.0 Å². The average Bonchev–Trinajstić information content (AvgIpc) is 2.79. The fraction of sp³-hybridized carbons (Fsp3) is 0.533. The lowest BCUT2D eigenvalue weighted by Gasteiger charge is -2.20. The molecule has 21 heavy (non-hydrogen) atoms. The third-order valence-corrected chi connectivity index (χ3v) is 3.67. The van der Waals surface area contributed by atoms with Gasteiger partial charge in [-0.2, -0.15) is 0 Å². The summed E-state index contributed by atoms with van der Waals surface area (Å²) in [5, 5.41) is 0. The first kappa shape index (κ1) is 14.2. The highest BCUT2D eigenvalue weighted by Gasteiger charge is 2.20. The molecule has 0 bridgehead atoms. The van der Waals surface area contributed by atoms with Gasteiger partial charge in [0.15, 0.2) is 11.5 Å². The lowest BCUT2D eigenvalue weighted by molar-refractivity contribution is 0.172. The number of imidazole rings is 1. The molecule has 0 radical (unpaired) electrons. The van der Waals surface area contributed by atoms with Crippen molar-refractivity contribution in [1.29, 1.82) is 0 Å². The molecule has 0 saturated heterocycles. The Balaban J connectivity index is 2.17. The van der Waals surface area contributed by atoms with Crippen LogP contribution in [0.1, 0.15) is 18.8 Å². The van der Waals surface area contributed by atoms with E-state index in [0.29, 0.717) is 19.8 Å². The quantitative estimate of drug-likeness (QED) is 0.921. The van der Waals surface area contributed by atoms with E-state index in [4.69, 9.17) is 20.2 Å². The Morgan fingerprint density at radius 2 is 1.95 bits per heavy atom. The zero-order chi connectivity index (χ0) is 15.0. The molecule has 2 heterocycles. The molecule has 2 aromatic rings. The van der Waals surface area contributed by atoms with E-state index >= 15 is 0 Å². The average molecular weight is 290 g/mol. The molecule has 1 aromatic heterocycles. The Labute approximate surface area is 124 Å². The van der Waals surface area contributed by atoms with Crippen molar-refractivity contribution in [2.24, 2.45) is 5.73 Å². The SMILES string of the molecule is CC(CN)n1c(CN(C)C)nc2cc3c(cc21)OCCO3. The van der Waals surface area contributed by atoms with Crippen molar-refractivity contribution in [3.63, 3.8) is 0 Å². The summed E-state index contributed by atoms with van der Waals surface area (Å²) in [5.41, 5.74) is 7.85. The van der Waals surface area contributed by atoms with Gasteiger partial charge in [0.2, 0.25) is 0 Å². The Morgan fingerprint density at radius 1 is 1.29 bits per heavy atom. The van der Waals surface area contributed by atoms with Crippen LogP contribution in [0.15, 0.2) is 12.1 Å². The van der Waals surface area contributed by atoms with Crippen LogP contribution in [0.2, 0.25) is 0 Å². The minimum absolute atomic E-state index is 0.188. The first-order valence-electron chi connectivity index (χ1n) is 7.25. The number of ether oxygens (including phenoxy) is 2. The van der Waals surface area contributed by atoms with Crippen molar-refractivity contribution >= 4 is 11.0 Å². The number of benzene rings is 1. The molecule has 6 heteroatoms. The van der Waals surface area contributed by atoms with Crippen LogP contribution in [0.25, 0.3) is 11.0 Å². The molecule has 1 aliphatic rings. The summed E-state index contributed by atoms with van der Waals surface area (Å²) in [6.45, 7) is 4.62. The van der Waals surface area contributed by atoms with Crippen molar-refractivity contribution < 1.29 is 9.47 Å². The van der Waals surface area contributed by atoms with Gasteiger partial charge in [-0.05, 0) is 21.0 Å². The Morgan fingerprint density at radius 3 is 2.57 bits per heavy atom. The maximum absolute atomic E-state index is 5.87. The first-order chi connectivity index (χ1) is 10.1. The van der Waals surface area contributed by atoms with Crippen LogP contribution >= 0.6 is 0 Å². The van der Waals surface area contributed by atoms with Crippen molar-refractivity contribution in [2.75, 3.05) is 33.9 Å². The number of nitrogens with zero attached hydrogens (tertiary/aromatic N) is 3. The van der Waals surface area contributed by atoms with Crippen LogP contribution < -0.4 is 15.2 Å². The van der Waals surface area contributed by atoms with E-state index in [9.17, 15) is 0 Å². The maximum Gasteiger partial charge on any atom is 0.163 e. The van der Waals surface area contributed by atoms with Gasteiger partial charge in [-0.1, -0.05) is 0 Å². The van der Waals surface area contributed by atoms with E-state index in [1.54, 1.807) is 0 Å². The summed E-state index contributed by atoms with van der Waals surface area (Å²) < 4.78 is 13.5. The molecule has 0 amide bonds. The number of fused-ring (bicyclic) bond motifs is 2. The fourth-order valence-corrected chi connectivity index (χ4v) is 2.67. The Kier molecular flexibility index (Phi) is 3.73. The third-order valence-electron chi connectivity index (χ3n) is 3.67. The molecule has 0 fully saturated rings. The van der Waals surface area contributed by atoms with E-state index in [1.165, 1.54) is 0 Å². The number of aromatic nitrogens is 2. The van der Waals surface area contributed by atoms with E-state index in [1.807, 2.05) is 26.2 Å². The molecule has 2 N–H and O–H groups in total. The van der Waals surface area contributed by atoms with Crippen molar-refractivity contribution in [2.45, 2.75) is 19.5 Å². The minimum Gasteiger partial charge on any atom is -0.486 e. The van der Waals surface area contributed by atoms with Gasteiger partial charge in [0.25, 0.3) is 0 Å². The van der Waals surface area contributed by atoms with Gasteiger partial charge in [-0.25, -0.2) is 4.98 Å². The number of nitrogens with two attached hydrogens (primary N) is 1. The van der Waals surface area contributed by atoms with Crippen LogP contribution in [0.4, 0.5) is 0 Å². The molecule has 1 aromatic carbocycles. The van der Waals surface area contributed by atoms with Crippen molar-refractivity contribution in [1.82, 2.24) is 14.5 Å². The van der Waals surface area contributed by atoms with Gasteiger partial charge < -0.3 is 24.7 Å². The normalized spacial score (nSPS) is 15.7. The van der Waals surface area contributed by atoms with Gasteiger partial charge in [-0.15, -0.1) is 0 Å². The van der Waals surface area contributed by atoms with Crippen LogP contribution in [0.3, 0.4) is 0 Å². The van der Waals surface area contributed by atoms with Gasteiger partial charge in [0, 0.05) is 24.7 Å². The van der Waals surface area contributed by atoms with Crippen molar-refractivity contribution in [3.8, 4) is 11.5 Å². The maximum atomic E-state index is 5.87. The smallest absolute Gasteiger partial charge is 0.163 e. The molecule has 0 saturated carbocycles. The van der Waals surface area contributed by atoms with Gasteiger partial charge in [0.05, 0.1) is 17.6 Å². The lowest BCUT2D eigenvalue weighted by atomic mass is 10.2. The van der Waals surface area contributed by atoms with E-state index in [0.717, 1.165) is 34.9 Å². The predicted molar refractivity (Wildman–Crippen MR) is 81.9 cm³/mol. The third kappa shape index (κ3) is 2.56. The summed E-state index contributed by atoms with van der Waals surface area (Å²) >= 11 is 0. The highest BCUT2D eigenvalue weighted by molar-refractivity contribution is 5.81. The van der Waals surface area contributed by atoms with Gasteiger partial charge in [-0.3, -0.25) is 0 Å². The zero-order valence-electron chi connectivity index (χ0n) is 12.8. The summed E-state index contributed by atoms with van der Waals surface area (Å²) in [5.74, 6) is 2.57. The molecule has 6 nitrogen and oxygen atoms in total. The molecule has 3 rings (SSSR count). The van der Waals surface area contributed by atoms with Crippen LogP contribution in [-0.2, 0) is 6.54 Å². The molecule has 1 unspecified atom stereocenters. The highest BCUT2D eigenvalue weighted by Crippen LogP contribution is 2.35. The Hall–Kier alpha value is -1.79. The number of hydrogen-bond acceptors (Lipinski definition) is 5. The monoisotopic (exact) mass is 290 g/mol. The van der Waals surface area contributed by atoms with E-state index in [-0.39, 0.29) is 6.04 Å². The van der Waals surface area contributed by atoms with E-state index in [2.05, 4.69) is 16.4 Å². The molecule has 0 aliphatic carbocycles. The summed E-state index contributed by atoms with van der Waals surface area (Å²) in [6, 6.07) is 4.16. The zero-order valence-corrected chi connectivity index (χ0v) is 12.8. The molecular weight excluding hydrogens is 268 g/mol. The second-order valence-corrected chi connectivity index (χ2v) is 5.71. The second kappa shape index (κ2) is 5.54. The van der Waals surface area contributed by atoms with Crippen LogP contribution in [0, 0.1) is 0 Å². The molecule has 114 valence electrons. The Bertz CT molecular complexity index is 651. The summed E-state index contributed by atoms with van der Waals surface area (Å²) in [7, 11) is 4.07. The first-order valence-corrected chi connectivity index (χ1v) is 7.25.